The van der Waals surface area contributed by atoms with Crippen LogP contribution in [0, 0.1) is 0 Å². The van der Waals surface area contributed by atoms with Crippen molar-refractivity contribution in [3.8, 4) is 0 Å². The molecule has 2 aromatic carbocycles. The van der Waals surface area contributed by atoms with Gasteiger partial charge >= 0.3 is 5.63 Å². The van der Waals surface area contributed by atoms with Crippen molar-refractivity contribution in [3.63, 3.8) is 0 Å². The second-order valence-electron chi connectivity index (χ2n) is 7.08. The molecule has 0 aliphatic carbocycles. The minimum Gasteiger partial charge on any atom is -0.423 e. The monoisotopic (exact) mass is 398 g/mol. The summed E-state index contributed by atoms with van der Waals surface area (Å²) in [5.74, 6) is 0. The fraction of sp³-hybridized carbons (Fsp3) is 0.286. The Bertz CT molecular complexity index is 1140. The molecule has 0 bridgehead atoms. The summed E-state index contributed by atoms with van der Waals surface area (Å²) in [6.07, 6.45) is 1.67. The van der Waals surface area contributed by atoms with Gasteiger partial charge in [-0.25, -0.2) is 13.2 Å². The zero-order valence-electron chi connectivity index (χ0n) is 15.6. The summed E-state index contributed by atoms with van der Waals surface area (Å²) in [5.41, 5.74) is 0.993. The smallest absolute Gasteiger partial charge is 0.336 e. The first-order chi connectivity index (χ1) is 13.4. The van der Waals surface area contributed by atoms with Crippen molar-refractivity contribution in [2.75, 3.05) is 25.0 Å². The molecule has 0 N–H and O–H groups in total. The van der Waals surface area contributed by atoms with Crippen LogP contribution in [-0.2, 0) is 10.0 Å². The van der Waals surface area contributed by atoms with Gasteiger partial charge in [0.05, 0.1) is 4.90 Å². The summed E-state index contributed by atoms with van der Waals surface area (Å²) in [6.45, 7) is 1.14. The molecule has 146 valence electrons. The van der Waals surface area contributed by atoms with Crippen LogP contribution in [0.3, 0.4) is 0 Å². The highest BCUT2D eigenvalue weighted by molar-refractivity contribution is 7.89. The molecule has 1 fully saturated rings. The number of rotatable bonds is 5. The Labute approximate surface area is 164 Å². The molecule has 0 amide bonds. The topological polar surface area (TPSA) is 70.8 Å². The highest BCUT2D eigenvalue weighted by Gasteiger charge is 2.36. The Morgan fingerprint density at radius 3 is 2.68 bits per heavy atom. The molecular weight excluding hydrogens is 376 g/mol. The molecule has 6 nitrogen and oxygen atoms in total. The van der Waals surface area contributed by atoms with Gasteiger partial charge < -0.3 is 9.32 Å². The quantitative estimate of drug-likeness (QED) is 0.618. The van der Waals surface area contributed by atoms with E-state index < -0.39 is 15.6 Å². The van der Waals surface area contributed by atoms with Crippen molar-refractivity contribution in [1.29, 1.82) is 0 Å². The molecule has 0 radical (unpaired) electrons. The Kier molecular flexibility index (Phi) is 4.95. The third kappa shape index (κ3) is 3.55. The van der Waals surface area contributed by atoms with Crippen molar-refractivity contribution in [2.24, 2.45) is 0 Å². The van der Waals surface area contributed by atoms with Crippen molar-refractivity contribution in [2.45, 2.75) is 23.8 Å². The van der Waals surface area contributed by atoms with Gasteiger partial charge in [-0.2, -0.15) is 4.31 Å². The largest absolute Gasteiger partial charge is 0.423 e. The standard InChI is InChI=1S/C21H22N2O4S/c1-22(17-6-3-2-4-7-17)15-18-8-5-13-23(18)28(25,26)19-10-11-20-16(14-19)9-12-21(24)27-20/h2-4,6-7,9-12,14,18H,5,8,13,15H2,1H3. The zero-order chi connectivity index (χ0) is 19.7. The van der Waals surface area contributed by atoms with E-state index in [1.54, 1.807) is 22.5 Å². The lowest BCUT2D eigenvalue weighted by atomic mass is 10.2. The Balaban J connectivity index is 1.61. The van der Waals surface area contributed by atoms with Gasteiger partial charge in [0.15, 0.2) is 0 Å². The zero-order valence-corrected chi connectivity index (χ0v) is 16.4. The third-order valence-electron chi connectivity index (χ3n) is 5.20. The maximum absolute atomic E-state index is 13.3. The molecule has 1 aromatic heterocycles. The van der Waals surface area contributed by atoms with Gasteiger partial charge in [-0.3, -0.25) is 0 Å². The first-order valence-electron chi connectivity index (χ1n) is 9.27. The lowest BCUT2D eigenvalue weighted by molar-refractivity contribution is 0.389. The number of likely N-dealkylation sites (N-methyl/N-ethyl adjacent to an activating group) is 1. The van der Waals surface area contributed by atoms with Crippen LogP contribution in [-0.4, -0.2) is 38.9 Å². The molecule has 1 aliphatic rings. The predicted octanol–water partition coefficient (Wildman–Crippen LogP) is 3.08. The molecule has 1 atom stereocenters. The number of sulfonamides is 1. The maximum Gasteiger partial charge on any atom is 0.336 e. The third-order valence-corrected chi connectivity index (χ3v) is 7.15. The molecule has 4 rings (SSSR count). The number of hydrogen-bond acceptors (Lipinski definition) is 5. The summed E-state index contributed by atoms with van der Waals surface area (Å²) in [4.78, 5) is 13.7. The molecule has 28 heavy (non-hydrogen) atoms. The number of para-hydroxylation sites is 1. The van der Waals surface area contributed by atoms with Gasteiger partial charge in [0.2, 0.25) is 10.0 Å². The summed E-state index contributed by atoms with van der Waals surface area (Å²) in [6, 6.07) is 17.4. The van der Waals surface area contributed by atoms with Crippen molar-refractivity contribution in [1.82, 2.24) is 4.31 Å². The first-order valence-corrected chi connectivity index (χ1v) is 10.7. The van der Waals surface area contributed by atoms with Crippen molar-refractivity contribution >= 4 is 26.7 Å². The van der Waals surface area contributed by atoms with Crippen LogP contribution >= 0.6 is 0 Å². The molecule has 0 spiro atoms. The van der Waals surface area contributed by atoms with Crippen LogP contribution in [0.1, 0.15) is 12.8 Å². The summed E-state index contributed by atoms with van der Waals surface area (Å²) >= 11 is 0. The molecule has 1 saturated heterocycles. The Morgan fingerprint density at radius 2 is 1.89 bits per heavy atom. The highest BCUT2D eigenvalue weighted by Crippen LogP contribution is 2.29. The van der Waals surface area contributed by atoms with E-state index >= 15 is 0 Å². The molecule has 3 aromatic rings. The van der Waals surface area contributed by atoms with Crippen LogP contribution in [0.15, 0.2) is 74.8 Å². The SMILES string of the molecule is CN(CC1CCCN1S(=O)(=O)c1ccc2oc(=O)ccc2c1)c1ccccc1. The molecule has 1 unspecified atom stereocenters. The van der Waals surface area contributed by atoms with Crippen LogP contribution < -0.4 is 10.5 Å². The summed E-state index contributed by atoms with van der Waals surface area (Å²) < 4.78 is 33.3. The minimum atomic E-state index is -3.63. The molecule has 7 heteroatoms. The van der Waals surface area contributed by atoms with E-state index in [2.05, 4.69) is 4.90 Å². The predicted molar refractivity (Wildman–Crippen MR) is 109 cm³/mol. The second kappa shape index (κ2) is 7.41. The fourth-order valence-electron chi connectivity index (χ4n) is 3.76. The van der Waals surface area contributed by atoms with Gasteiger partial charge in [0.25, 0.3) is 0 Å². The van der Waals surface area contributed by atoms with Gasteiger partial charge in [0.1, 0.15) is 5.58 Å². The number of nitrogens with zero attached hydrogens (tertiary/aromatic N) is 2. The molecular formula is C21H22N2O4S. The van der Waals surface area contributed by atoms with Crippen molar-refractivity contribution < 1.29 is 12.8 Å². The number of fused-ring (bicyclic) bond motifs is 1. The fourth-order valence-corrected chi connectivity index (χ4v) is 5.48. The molecule has 0 saturated carbocycles. The van der Waals surface area contributed by atoms with E-state index in [1.165, 1.54) is 12.1 Å². The van der Waals surface area contributed by atoms with E-state index in [1.807, 2.05) is 37.4 Å². The normalized spacial score (nSPS) is 17.8. The summed E-state index contributed by atoms with van der Waals surface area (Å²) in [5, 5.41) is 0.595. The minimum absolute atomic E-state index is 0.0837. The Morgan fingerprint density at radius 1 is 1.11 bits per heavy atom. The van der Waals surface area contributed by atoms with Gasteiger partial charge in [-0.05, 0) is 49.2 Å². The maximum atomic E-state index is 13.3. The van der Waals surface area contributed by atoms with Crippen LogP contribution in [0.2, 0.25) is 0 Å². The van der Waals surface area contributed by atoms with Gasteiger partial charge in [-0.15, -0.1) is 0 Å². The van der Waals surface area contributed by atoms with Crippen LogP contribution in [0.25, 0.3) is 11.0 Å². The number of hydrogen-bond donors (Lipinski definition) is 0. The Hall–Kier alpha value is -2.64. The van der Waals surface area contributed by atoms with Crippen LogP contribution in [0.4, 0.5) is 5.69 Å². The second-order valence-corrected chi connectivity index (χ2v) is 8.97. The average Bonchev–Trinajstić information content (AvgIpc) is 3.17. The van der Waals surface area contributed by atoms with Gasteiger partial charge in [0, 0.05) is 43.3 Å². The van der Waals surface area contributed by atoms with Gasteiger partial charge in [-0.1, -0.05) is 18.2 Å². The number of anilines is 1. The first kappa shape index (κ1) is 18.7. The lowest BCUT2D eigenvalue weighted by Crippen LogP contribution is -2.42. The summed E-state index contributed by atoms with van der Waals surface area (Å²) in [7, 11) is -1.65. The molecule has 2 heterocycles. The number of benzene rings is 2. The lowest BCUT2D eigenvalue weighted by Gasteiger charge is -2.29. The highest BCUT2D eigenvalue weighted by atomic mass is 32.2. The van der Waals surface area contributed by atoms with E-state index in [0.29, 0.717) is 24.1 Å². The van der Waals surface area contributed by atoms with E-state index in [0.717, 1.165) is 18.5 Å². The molecule has 1 aliphatic heterocycles. The van der Waals surface area contributed by atoms with E-state index in [9.17, 15) is 13.2 Å². The van der Waals surface area contributed by atoms with E-state index in [-0.39, 0.29) is 10.9 Å². The van der Waals surface area contributed by atoms with E-state index in [4.69, 9.17) is 4.42 Å². The van der Waals surface area contributed by atoms with Crippen molar-refractivity contribution in [3.05, 3.63) is 71.1 Å². The average molecular weight is 398 g/mol. The van der Waals surface area contributed by atoms with Crippen LogP contribution in [0.5, 0.6) is 0 Å².